The molecule has 1 aliphatic rings. The van der Waals surface area contributed by atoms with Crippen LogP contribution in [0.25, 0.3) is 10.9 Å². The number of rotatable bonds is 8. The molecular formula is C23H25N3O3S. The van der Waals surface area contributed by atoms with Crippen molar-refractivity contribution in [3.63, 3.8) is 0 Å². The summed E-state index contributed by atoms with van der Waals surface area (Å²) in [5.74, 6) is 0.520. The maximum atomic E-state index is 13.1. The number of carbonyl (C=O) groups excluding carboxylic acids is 1. The topological polar surface area (TPSA) is 73.2 Å². The zero-order chi connectivity index (χ0) is 21.1. The second-order valence-electron chi connectivity index (χ2n) is 7.25. The normalized spacial score (nSPS) is 14.5. The Kier molecular flexibility index (Phi) is 6.08. The van der Waals surface area contributed by atoms with E-state index in [1.54, 1.807) is 4.57 Å². The van der Waals surface area contributed by atoms with Crippen LogP contribution in [0.1, 0.15) is 39.2 Å². The van der Waals surface area contributed by atoms with Crippen LogP contribution < -0.4 is 15.6 Å². The molecule has 1 heterocycles. The van der Waals surface area contributed by atoms with Gasteiger partial charge in [-0.15, -0.1) is 0 Å². The highest BCUT2D eigenvalue weighted by Crippen LogP contribution is 2.38. The zero-order valence-electron chi connectivity index (χ0n) is 17.1. The minimum Gasteiger partial charge on any atom is -0.492 e. The van der Waals surface area contributed by atoms with Gasteiger partial charge in [0.1, 0.15) is 5.75 Å². The minimum atomic E-state index is -0.377. The van der Waals surface area contributed by atoms with Gasteiger partial charge in [0.05, 0.1) is 28.4 Å². The molecular weight excluding hydrogens is 398 g/mol. The van der Waals surface area contributed by atoms with Crippen LogP contribution in [0.15, 0.2) is 58.5 Å². The molecule has 1 aliphatic carbocycles. The lowest BCUT2D eigenvalue weighted by Crippen LogP contribution is -2.28. The quantitative estimate of drug-likeness (QED) is 0.422. The molecule has 0 saturated heterocycles. The van der Waals surface area contributed by atoms with Crippen molar-refractivity contribution >= 4 is 34.3 Å². The molecule has 1 fully saturated rings. The van der Waals surface area contributed by atoms with Gasteiger partial charge in [-0.25, -0.2) is 4.98 Å². The number of carbonyl (C=O) groups is 1. The molecule has 7 heteroatoms. The summed E-state index contributed by atoms with van der Waals surface area (Å²) < 4.78 is 7.39. The summed E-state index contributed by atoms with van der Waals surface area (Å²) in [5, 5.41) is 3.84. The number of nitrogens with zero attached hydrogens (tertiary/aromatic N) is 2. The molecule has 1 aromatic heterocycles. The van der Waals surface area contributed by atoms with Crippen LogP contribution in [0.2, 0.25) is 0 Å². The number of hydrogen-bond donors (Lipinski definition) is 1. The van der Waals surface area contributed by atoms with E-state index < -0.39 is 0 Å². The number of anilines is 1. The van der Waals surface area contributed by atoms with Gasteiger partial charge < -0.3 is 10.1 Å². The summed E-state index contributed by atoms with van der Waals surface area (Å²) in [6, 6.07) is 15.0. The number of ether oxygens (including phenoxy) is 1. The molecule has 1 amide bonds. The van der Waals surface area contributed by atoms with Gasteiger partial charge in [-0.1, -0.05) is 43.0 Å². The van der Waals surface area contributed by atoms with Gasteiger partial charge in [0.25, 0.3) is 5.56 Å². The SMILES string of the molecule is CCOc1ccccc1NC(=O)[C@@H](CC)Sc1nc2ccccc2c(=O)n1C1CC1. The second-order valence-corrected chi connectivity index (χ2v) is 8.42. The Morgan fingerprint density at radius 1 is 1.20 bits per heavy atom. The van der Waals surface area contributed by atoms with Crippen molar-refractivity contribution in [1.29, 1.82) is 0 Å². The van der Waals surface area contributed by atoms with E-state index in [4.69, 9.17) is 9.72 Å². The molecule has 1 atom stereocenters. The van der Waals surface area contributed by atoms with E-state index in [0.29, 0.717) is 40.5 Å². The molecule has 0 radical (unpaired) electrons. The van der Waals surface area contributed by atoms with Crippen molar-refractivity contribution < 1.29 is 9.53 Å². The van der Waals surface area contributed by atoms with E-state index in [2.05, 4.69) is 5.32 Å². The number of benzene rings is 2. The Morgan fingerprint density at radius 3 is 2.67 bits per heavy atom. The minimum absolute atomic E-state index is 0.0254. The van der Waals surface area contributed by atoms with Crippen LogP contribution in [-0.2, 0) is 4.79 Å². The third-order valence-corrected chi connectivity index (χ3v) is 6.37. The number of aromatic nitrogens is 2. The van der Waals surface area contributed by atoms with E-state index in [9.17, 15) is 9.59 Å². The van der Waals surface area contributed by atoms with Crippen molar-refractivity contribution in [3.8, 4) is 5.75 Å². The van der Waals surface area contributed by atoms with Gasteiger partial charge in [-0.05, 0) is 50.5 Å². The maximum Gasteiger partial charge on any atom is 0.262 e. The molecule has 2 aromatic carbocycles. The van der Waals surface area contributed by atoms with E-state index in [-0.39, 0.29) is 22.8 Å². The Balaban J connectivity index is 1.62. The fourth-order valence-corrected chi connectivity index (χ4v) is 4.46. The zero-order valence-corrected chi connectivity index (χ0v) is 17.9. The van der Waals surface area contributed by atoms with Gasteiger partial charge in [0.2, 0.25) is 5.91 Å². The highest BCUT2D eigenvalue weighted by molar-refractivity contribution is 8.00. The molecule has 0 spiro atoms. The number of amides is 1. The van der Waals surface area contributed by atoms with Gasteiger partial charge >= 0.3 is 0 Å². The molecule has 30 heavy (non-hydrogen) atoms. The third kappa shape index (κ3) is 4.21. The highest BCUT2D eigenvalue weighted by atomic mass is 32.2. The van der Waals surface area contributed by atoms with Crippen molar-refractivity contribution in [1.82, 2.24) is 9.55 Å². The fourth-order valence-electron chi connectivity index (χ4n) is 3.38. The number of nitrogens with one attached hydrogen (secondary N) is 1. The van der Waals surface area contributed by atoms with Crippen LogP contribution in [-0.4, -0.2) is 27.3 Å². The van der Waals surface area contributed by atoms with Crippen LogP contribution >= 0.6 is 11.8 Å². The first-order valence-electron chi connectivity index (χ1n) is 10.3. The highest BCUT2D eigenvalue weighted by Gasteiger charge is 2.30. The van der Waals surface area contributed by atoms with Gasteiger partial charge in [-0.2, -0.15) is 0 Å². The van der Waals surface area contributed by atoms with Gasteiger partial charge in [0.15, 0.2) is 5.16 Å². The Hall–Kier alpha value is -2.80. The molecule has 1 saturated carbocycles. The average molecular weight is 424 g/mol. The van der Waals surface area contributed by atoms with E-state index in [1.807, 2.05) is 62.4 Å². The predicted molar refractivity (Wildman–Crippen MR) is 120 cm³/mol. The Bertz CT molecular complexity index is 1120. The second kappa shape index (κ2) is 8.92. The molecule has 0 bridgehead atoms. The van der Waals surface area contributed by atoms with Crippen LogP contribution in [0.5, 0.6) is 5.75 Å². The Morgan fingerprint density at radius 2 is 1.93 bits per heavy atom. The van der Waals surface area contributed by atoms with Crippen molar-refractivity contribution in [3.05, 3.63) is 58.9 Å². The van der Waals surface area contributed by atoms with Crippen LogP contribution in [0.3, 0.4) is 0 Å². The molecule has 1 N–H and O–H groups in total. The first kappa shape index (κ1) is 20.5. The van der Waals surface area contributed by atoms with Gasteiger partial charge in [0, 0.05) is 6.04 Å². The number of thioether (sulfide) groups is 1. The molecule has 4 rings (SSSR count). The third-order valence-electron chi connectivity index (χ3n) is 5.04. The smallest absolute Gasteiger partial charge is 0.262 e. The summed E-state index contributed by atoms with van der Waals surface area (Å²) in [4.78, 5) is 30.9. The van der Waals surface area contributed by atoms with Crippen molar-refractivity contribution in [2.45, 2.75) is 49.6 Å². The lowest BCUT2D eigenvalue weighted by Gasteiger charge is -2.18. The summed E-state index contributed by atoms with van der Waals surface area (Å²) in [5.41, 5.74) is 1.29. The van der Waals surface area contributed by atoms with E-state index in [0.717, 1.165) is 12.8 Å². The molecule has 3 aromatic rings. The number of hydrogen-bond acceptors (Lipinski definition) is 5. The van der Waals surface area contributed by atoms with E-state index >= 15 is 0 Å². The Labute approximate surface area is 179 Å². The average Bonchev–Trinajstić information content (AvgIpc) is 3.58. The molecule has 0 unspecified atom stereocenters. The monoisotopic (exact) mass is 423 g/mol. The number of para-hydroxylation sites is 3. The largest absolute Gasteiger partial charge is 0.492 e. The summed E-state index contributed by atoms with van der Waals surface area (Å²) in [7, 11) is 0. The first-order chi connectivity index (χ1) is 14.6. The standard InChI is InChI=1S/C23H25N3O3S/c1-3-20(21(27)24-18-11-7-8-12-19(18)29-4-2)30-23-25-17-10-6-5-9-16(17)22(28)26(23)15-13-14-15/h5-12,15,20H,3-4,13-14H2,1-2H3,(H,24,27)/t20-/m1/s1. The van der Waals surface area contributed by atoms with Crippen LogP contribution in [0, 0.1) is 0 Å². The summed E-state index contributed by atoms with van der Waals surface area (Å²) >= 11 is 1.36. The molecule has 156 valence electrons. The maximum absolute atomic E-state index is 13.1. The number of fused-ring (bicyclic) bond motifs is 1. The van der Waals surface area contributed by atoms with Crippen molar-refractivity contribution in [2.75, 3.05) is 11.9 Å². The van der Waals surface area contributed by atoms with E-state index in [1.165, 1.54) is 11.8 Å². The van der Waals surface area contributed by atoms with Crippen LogP contribution in [0.4, 0.5) is 5.69 Å². The summed E-state index contributed by atoms with van der Waals surface area (Å²) in [6.45, 7) is 4.39. The fraction of sp³-hybridized carbons (Fsp3) is 0.348. The predicted octanol–water partition coefficient (Wildman–Crippen LogP) is 4.64. The molecule has 6 nitrogen and oxygen atoms in total. The van der Waals surface area contributed by atoms with Crippen molar-refractivity contribution in [2.24, 2.45) is 0 Å². The molecule has 0 aliphatic heterocycles. The lowest BCUT2D eigenvalue weighted by molar-refractivity contribution is -0.115. The first-order valence-corrected chi connectivity index (χ1v) is 11.2. The summed E-state index contributed by atoms with van der Waals surface area (Å²) in [6.07, 6.45) is 2.55. The van der Waals surface area contributed by atoms with Gasteiger partial charge in [-0.3, -0.25) is 14.2 Å². The lowest BCUT2D eigenvalue weighted by atomic mass is 10.2.